The first-order valence-corrected chi connectivity index (χ1v) is 7.32. The minimum atomic E-state index is -1.25. The van der Waals surface area contributed by atoms with Crippen molar-refractivity contribution in [1.29, 1.82) is 0 Å². The second-order valence-corrected chi connectivity index (χ2v) is 5.80. The standard InChI is InChI=1S/C16H15F2NO5/c1-3-23-15(22)9-5-19-12-8(13(9)21)4-10(17)11(18)14(12)24-7-16(19,2)6-20/h4-5,20H,3,6-7H2,1-2H3. The molecule has 0 saturated heterocycles. The van der Waals surface area contributed by atoms with Crippen LogP contribution in [-0.4, -0.2) is 35.5 Å². The molecule has 8 heteroatoms. The van der Waals surface area contributed by atoms with E-state index in [2.05, 4.69) is 0 Å². The first-order valence-electron chi connectivity index (χ1n) is 7.32. The smallest absolute Gasteiger partial charge is 0.343 e. The van der Waals surface area contributed by atoms with Gasteiger partial charge >= 0.3 is 5.97 Å². The lowest BCUT2D eigenvalue weighted by Crippen LogP contribution is -2.44. The van der Waals surface area contributed by atoms with Gasteiger partial charge in [-0.3, -0.25) is 4.79 Å². The van der Waals surface area contributed by atoms with Gasteiger partial charge in [0.2, 0.25) is 11.2 Å². The van der Waals surface area contributed by atoms with Crippen LogP contribution in [0.25, 0.3) is 10.9 Å². The van der Waals surface area contributed by atoms with Gasteiger partial charge in [0.15, 0.2) is 11.6 Å². The summed E-state index contributed by atoms with van der Waals surface area (Å²) in [6, 6.07) is 0.724. The number of ether oxygens (including phenoxy) is 2. The van der Waals surface area contributed by atoms with E-state index in [1.165, 1.54) is 10.8 Å². The van der Waals surface area contributed by atoms with Crippen molar-refractivity contribution in [2.45, 2.75) is 19.4 Å². The Hall–Kier alpha value is -2.48. The SMILES string of the molecule is CCOC(=O)c1cn2c3c(c(F)c(F)cc3c1=O)OCC2(C)CO. The molecule has 128 valence electrons. The highest BCUT2D eigenvalue weighted by Crippen LogP contribution is 2.37. The Balaban J connectivity index is 2.46. The van der Waals surface area contributed by atoms with Crippen LogP contribution in [0, 0.1) is 11.6 Å². The van der Waals surface area contributed by atoms with Gasteiger partial charge in [-0.1, -0.05) is 0 Å². The molecule has 1 unspecified atom stereocenters. The quantitative estimate of drug-likeness (QED) is 0.859. The van der Waals surface area contributed by atoms with Gasteiger partial charge in [0, 0.05) is 6.20 Å². The highest BCUT2D eigenvalue weighted by atomic mass is 19.2. The van der Waals surface area contributed by atoms with Gasteiger partial charge in [0.05, 0.1) is 29.7 Å². The molecule has 1 aliphatic heterocycles. The number of hydrogen-bond acceptors (Lipinski definition) is 5. The Kier molecular flexibility index (Phi) is 3.79. The molecule has 1 N–H and O–H groups in total. The average Bonchev–Trinajstić information content (AvgIpc) is 2.56. The van der Waals surface area contributed by atoms with E-state index in [0.717, 1.165) is 6.07 Å². The number of carbonyl (C=O) groups is 1. The number of aliphatic hydroxyl groups is 1. The molecule has 3 rings (SSSR count). The Morgan fingerprint density at radius 2 is 2.21 bits per heavy atom. The molecule has 0 bridgehead atoms. The van der Waals surface area contributed by atoms with Gasteiger partial charge in [0.25, 0.3) is 0 Å². The topological polar surface area (TPSA) is 77.8 Å². The highest BCUT2D eigenvalue weighted by molar-refractivity contribution is 5.95. The van der Waals surface area contributed by atoms with Crippen LogP contribution >= 0.6 is 0 Å². The zero-order chi connectivity index (χ0) is 17.6. The Bertz CT molecular complexity index is 908. The van der Waals surface area contributed by atoms with Crippen LogP contribution in [0.5, 0.6) is 5.75 Å². The van der Waals surface area contributed by atoms with Gasteiger partial charge in [-0.05, 0) is 19.9 Å². The van der Waals surface area contributed by atoms with E-state index in [0.29, 0.717) is 0 Å². The largest absolute Gasteiger partial charge is 0.486 e. The predicted molar refractivity (Wildman–Crippen MR) is 80.3 cm³/mol. The summed E-state index contributed by atoms with van der Waals surface area (Å²) in [5, 5.41) is 9.48. The van der Waals surface area contributed by atoms with E-state index in [9.17, 15) is 23.5 Å². The van der Waals surface area contributed by atoms with E-state index in [1.807, 2.05) is 0 Å². The third-order valence-electron chi connectivity index (χ3n) is 4.08. The zero-order valence-corrected chi connectivity index (χ0v) is 13.1. The molecule has 0 spiro atoms. The molecule has 1 aromatic heterocycles. The van der Waals surface area contributed by atoms with Gasteiger partial charge < -0.3 is 19.1 Å². The number of benzene rings is 1. The van der Waals surface area contributed by atoms with E-state index in [1.54, 1.807) is 13.8 Å². The molecular formula is C16H15F2NO5. The van der Waals surface area contributed by atoms with Crippen LogP contribution in [0.1, 0.15) is 24.2 Å². The lowest BCUT2D eigenvalue weighted by Gasteiger charge is -2.36. The number of halogens is 2. The molecule has 0 saturated carbocycles. The summed E-state index contributed by atoms with van der Waals surface area (Å²) in [7, 11) is 0. The van der Waals surface area contributed by atoms with Crippen molar-refractivity contribution >= 4 is 16.9 Å². The van der Waals surface area contributed by atoms with Gasteiger partial charge in [-0.2, -0.15) is 4.39 Å². The molecule has 0 aliphatic carbocycles. The first-order chi connectivity index (χ1) is 11.3. The fourth-order valence-electron chi connectivity index (χ4n) is 2.73. The maximum atomic E-state index is 14.0. The van der Waals surface area contributed by atoms with Crippen molar-refractivity contribution in [2.75, 3.05) is 19.8 Å². The molecule has 24 heavy (non-hydrogen) atoms. The third-order valence-corrected chi connectivity index (χ3v) is 4.08. The van der Waals surface area contributed by atoms with E-state index < -0.39 is 40.9 Å². The second-order valence-electron chi connectivity index (χ2n) is 5.80. The maximum absolute atomic E-state index is 14.0. The van der Waals surface area contributed by atoms with Crippen LogP contribution < -0.4 is 10.2 Å². The molecule has 1 aliphatic rings. The first kappa shape index (κ1) is 16.4. The lowest BCUT2D eigenvalue weighted by molar-refractivity contribution is 0.0517. The van der Waals surface area contributed by atoms with Crippen molar-refractivity contribution in [3.63, 3.8) is 0 Å². The Labute approximate surface area is 135 Å². The fourth-order valence-corrected chi connectivity index (χ4v) is 2.73. The van der Waals surface area contributed by atoms with Crippen LogP contribution in [0.3, 0.4) is 0 Å². The van der Waals surface area contributed by atoms with Crippen LogP contribution in [-0.2, 0) is 10.3 Å². The molecule has 2 heterocycles. The average molecular weight is 339 g/mol. The summed E-state index contributed by atoms with van der Waals surface area (Å²) in [4.78, 5) is 24.6. The van der Waals surface area contributed by atoms with Crippen LogP contribution in [0.2, 0.25) is 0 Å². The molecule has 2 aromatic rings. The van der Waals surface area contributed by atoms with Crippen LogP contribution in [0.4, 0.5) is 8.78 Å². The summed E-state index contributed by atoms with van der Waals surface area (Å²) < 4.78 is 39.3. The molecule has 6 nitrogen and oxygen atoms in total. The van der Waals surface area contributed by atoms with Gasteiger partial charge in [-0.25, -0.2) is 9.18 Å². The maximum Gasteiger partial charge on any atom is 0.343 e. The Morgan fingerprint density at radius 3 is 2.83 bits per heavy atom. The number of rotatable bonds is 3. The second kappa shape index (κ2) is 5.55. The molecule has 0 fully saturated rings. The van der Waals surface area contributed by atoms with Crippen molar-refractivity contribution in [3.05, 3.63) is 39.7 Å². The molecule has 1 atom stereocenters. The number of aromatic nitrogens is 1. The van der Waals surface area contributed by atoms with E-state index >= 15 is 0 Å². The van der Waals surface area contributed by atoms with Crippen molar-refractivity contribution in [2.24, 2.45) is 0 Å². The fraction of sp³-hybridized carbons (Fsp3) is 0.375. The normalized spacial score (nSPS) is 19.2. The summed E-state index contributed by atoms with van der Waals surface area (Å²) >= 11 is 0. The summed E-state index contributed by atoms with van der Waals surface area (Å²) in [6.45, 7) is 2.69. The minimum absolute atomic E-state index is 0.00486. The van der Waals surface area contributed by atoms with E-state index in [4.69, 9.17) is 9.47 Å². The van der Waals surface area contributed by atoms with Crippen LogP contribution in [0.15, 0.2) is 17.1 Å². The molecular weight excluding hydrogens is 324 g/mol. The van der Waals surface area contributed by atoms with Gasteiger partial charge in [0.1, 0.15) is 12.2 Å². The number of pyridine rings is 1. The summed E-state index contributed by atoms with van der Waals surface area (Å²) in [5.41, 5.74) is -2.16. The summed E-state index contributed by atoms with van der Waals surface area (Å²) in [6.07, 6.45) is 1.20. The zero-order valence-electron chi connectivity index (χ0n) is 13.1. The van der Waals surface area contributed by atoms with Gasteiger partial charge in [-0.15, -0.1) is 0 Å². The summed E-state index contributed by atoms with van der Waals surface area (Å²) in [5.74, 6) is -3.76. The number of aliphatic hydroxyl groups excluding tert-OH is 1. The highest BCUT2D eigenvalue weighted by Gasteiger charge is 2.36. The molecule has 0 amide bonds. The number of hydrogen-bond donors (Lipinski definition) is 1. The predicted octanol–water partition coefficient (Wildman–Crippen LogP) is 1.56. The Morgan fingerprint density at radius 1 is 1.50 bits per heavy atom. The third kappa shape index (κ3) is 2.17. The lowest BCUT2D eigenvalue weighted by atomic mass is 9.99. The molecule has 1 aromatic carbocycles. The van der Waals surface area contributed by atoms with Crippen molar-refractivity contribution in [3.8, 4) is 5.75 Å². The van der Waals surface area contributed by atoms with E-state index in [-0.39, 0.29) is 29.7 Å². The molecule has 0 radical (unpaired) electrons. The number of nitrogens with zero attached hydrogens (tertiary/aromatic N) is 1. The minimum Gasteiger partial charge on any atom is -0.486 e. The van der Waals surface area contributed by atoms with Crippen molar-refractivity contribution in [1.82, 2.24) is 4.57 Å². The monoisotopic (exact) mass is 339 g/mol. The van der Waals surface area contributed by atoms with Crippen molar-refractivity contribution < 1.29 is 28.2 Å². The number of carbonyl (C=O) groups excluding carboxylic acids is 1. The number of esters is 1.